The molecule has 0 bridgehead atoms. The van der Waals surface area contributed by atoms with Crippen molar-refractivity contribution in [2.24, 2.45) is 0 Å². The van der Waals surface area contributed by atoms with Gasteiger partial charge < -0.3 is 16.0 Å². The highest BCUT2D eigenvalue weighted by Gasteiger charge is 2.43. The Morgan fingerprint density at radius 3 is 2.46 bits per heavy atom. The minimum Gasteiger partial charge on any atom is -0.334 e. The standard InChI is InChI=1S/C27H25N7O3/c1-27(24(35)31-26(37)32-27)21-7-5-6-18(14-21)15-29-25(36)30-16-20-17-34(22-8-3-2-4-9-22)33-23(20)19-10-12-28-13-11-19/h2-14,17H,15-16H2,1H3,(H2,29,30,36)(H2,31,32,35,37). The van der Waals surface area contributed by atoms with E-state index in [1.807, 2.05) is 54.7 Å². The summed E-state index contributed by atoms with van der Waals surface area (Å²) in [7, 11) is 0. The SMILES string of the molecule is CC1(c2cccc(CNC(=O)NCc3cn(-c4ccccc4)nc3-c3ccncc3)c2)NC(=O)NC1=O. The Labute approximate surface area is 213 Å². The minimum atomic E-state index is -1.16. The molecule has 1 saturated heterocycles. The van der Waals surface area contributed by atoms with Gasteiger partial charge in [0, 0.05) is 42.8 Å². The Hall–Kier alpha value is -4.99. The van der Waals surface area contributed by atoms with Crippen LogP contribution >= 0.6 is 0 Å². The Balaban J connectivity index is 1.26. The first kappa shape index (κ1) is 23.7. The third-order valence-corrected chi connectivity index (χ3v) is 6.21. The monoisotopic (exact) mass is 495 g/mol. The molecule has 0 saturated carbocycles. The lowest BCUT2D eigenvalue weighted by Gasteiger charge is -2.21. The lowest BCUT2D eigenvalue weighted by atomic mass is 9.91. The molecule has 1 unspecified atom stereocenters. The first-order chi connectivity index (χ1) is 17.9. The van der Waals surface area contributed by atoms with E-state index in [0.29, 0.717) is 5.56 Å². The highest BCUT2D eigenvalue weighted by Crippen LogP contribution is 2.25. The Morgan fingerprint density at radius 2 is 1.73 bits per heavy atom. The number of nitrogens with zero attached hydrogens (tertiary/aromatic N) is 3. The molecule has 2 aromatic carbocycles. The molecule has 1 aliphatic rings. The molecule has 0 spiro atoms. The van der Waals surface area contributed by atoms with E-state index in [0.717, 1.165) is 28.1 Å². The van der Waals surface area contributed by atoms with Gasteiger partial charge in [0.25, 0.3) is 5.91 Å². The van der Waals surface area contributed by atoms with Crippen molar-refractivity contribution in [2.75, 3.05) is 0 Å². The first-order valence-corrected chi connectivity index (χ1v) is 11.7. The maximum absolute atomic E-state index is 12.6. The molecule has 0 radical (unpaired) electrons. The fraction of sp³-hybridized carbons (Fsp3) is 0.148. The van der Waals surface area contributed by atoms with Gasteiger partial charge in [-0.05, 0) is 42.3 Å². The maximum Gasteiger partial charge on any atom is 0.322 e. The molecule has 4 N–H and O–H groups in total. The molecule has 5 amide bonds. The van der Waals surface area contributed by atoms with Crippen LogP contribution in [0.15, 0.2) is 85.3 Å². The number of benzene rings is 2. The fourth-order valence-corrected chi connectivity index (χ4v) is 4.16. The van der Waals surface area contributed by atoms with Crippen molar-refractivity contribution in [3.63, 3.8) is 0 Å². The Kier molecular flexibility index (Phi) is 6.38. The molecule has 5 rings (SSSR count). The van der Waals surface area contributed by atoms with E-state index in [2.05, 4.69) is 26.3 Å². The van der Waals surface area contributed by atoms with Crippen molar-refractivity contribution in [3.05, 3.63) is 102 Å². The van der Waals surface area contributed by atoms with Gasteiger partial charge in [0.2, 0.25) is 0 Å². The number of amides is 5. The van der Waals surface area contributed by atoms with Crippen molar-refractivity contribution < 1.29 is 14.4 Å². The molecule has 186 valence electrons. The predicted molar refractivity (Wildman–Crippen MR) is 136 cm³/mol. The number of urea groups is 2. The van der Waals surface area contributed by atoms with E-state index in [4.69, 9.17) is 5.10 Å². The average Bonchev–Trinajstić information content (AvgIpc) is 3.47. The van der Waals surface area contributed by atoms with E-state index < -0.39 is 17.5 Å². The third-order valence-electron chi connectivity index (χ3n) is 6.21. The van der Waals surface area contributed by atoms with Crippen molar-refractivity contribution in [1.82, 2.24) is 36.0 Å². The van der Waals surface area contributed by atoms with Crippen LogP contribution in [0.4, 0.5) is 9.59 Å². The van der Waals surface area contributed by atoms with Crippen LogP contribution in [0.3, 0.4) is 0 Å². The number of aromatic nitrogens is 3. The van der Waals surface area contributed by atoms with Crippen molar-refractivity contribution >= 4 is 18.0 Å². The molecule has 0 aliphatic carbocycles. The van der Waals surface area contributed by atoms with Gasteiger partial charge in [-0.1, -0.05) is 42.5 Å². The van der Waals surface area contributed by atoms with Gasteiger partial charge in [0.15, 0.2) is 0 Å². The van der Waals surface area contributed by atoms with Crippen LogP contribution < -0.4 is 21.3 Å². The summed E-state index contributed by atoms with van der Waals surface area (Å²) < 4.78 is 1.79. The number of rotatable bonds is 7. The Morgan fingerprint density at radius 1 is 0.973 bits per heavy atom. The van der Waals surface area contributed by atoms with Gasteiger partial charge in [-0.2, -0.15) is 5.10 Å². The highest BCUT2D eigenvalue weighted by atomic mass is 16.2. The lowest BCUT2D eigenvalue weighted by Crippen LogP contribution is -2.40. The molecule has 4 aromatic rings. The Bertz CT molecular complexity index is 1450. The number of carbonyl (C=O) groups is 3. The number of nitrogens with one attached hydrogen (secondary N) is 4. The molecule has 10 nitrogen and oxygen atoms in total. The molecule has 2 aromatic heterocycles. The van der Waals surface area contributed by atoms with Gasteiger partial charge >= 0.3 is 12.1 Å². The summed E-state index contributed by atoms with van der Waals surface area (Å²) >= 11 is 0. The van der Waals surface area contributed by atoms with E-state index in [-0.39, 0.29) is 19.1 Å². The third kappa shape index (κ3) is 5.03. The van der Waals surface area contributed by atoms with Gasteiger partial charge in [-0.25, -0.2) is 14.3 Å². The molecular formula is C27H25N7O3. The van der Waals surface area contributed by atoms with Crippen LogP contribution in [0.1, 0.15) is 23.6 Å². The van der Waals surface area contributed by atoms with Crippen LogP contribution in [-0.2, 0) is 23.4 Å². The van der Waals surface area contributed by atoms with Crippen LogP contribution in [0.5, 0.6) is 0 Å². The summed E-state index contributed by atoms with van der Waals surface area (Å²) in [5, 5.41) is 15.4. The number of carbonyl (C=O) groups excluding carboxylic acids is 3. The second-order valence-corrected chi connectivity index (χ2v) is 8.79. The van der Waals surface area contributed by atoms with E-state index in [9.17, 15) is 14.4 Å². The smallest absolute Gasteiger partial charge is 0.322 e. The number of hydrogen-bond acceptors (Lipinski definition) is 5. The summed E-state index contributed by atoms with van der Waals surface area (Å²) in [6, 6.07) is 19.8. The van der Waals surface area contributed by atoms with Crippen LogP contribution in [-0.4, -0.2) is 32.7 Å². The van der Waals surface area contributed by atoms with E-state index in [1.165, 1.54) is 0 Å². The van der Waals surface area contributed by atoms with Crippen molar-refractivity contribution in [1.29, 1.82) is 0 Å². The van der Waals surface area contributed by atoms with E-state index in [1.54, 1.807) is 42.2 Å². The predicted octanol–water partition coefficient (Wildman–Crippen LogP) is 2.99. The van der Waals surface area contributed by atoms with Gasteiger partial charge in [-0.3, -0.25) is 15.1 Å². The molecule has 37 heavy (non-hydrogen) atoms. The van der Waals surface area contributed by atoms with Gasteiger partial charge in [-0.15, -0.1) is 0 Å². The number of pyridine rings is 1. The van der Waals surface area contributed by atoms with E-state index >= 15 is 0 Å². The fourth-order valence-electron chi connectivity index (χ4n) is 4.16. The lowest BCUT2D eigenvalue weighted by molar-refractivity contribution is -0.123. The van der Waals surface area contributed by atoms with Crippen LogP contribution in [0.2, 0.25) is 0 Å². The molecule has 1 fully saturated rings. The van der Waals surface area contributed by atoms with Crippen molar-refractivity contribution in [3.8, 4) is 16.9 Å². The molecular weight excluding hydrogens is 470 g/mol. The zero-order valence-electron chi connectivity index (χ0n) is 20.1. The molecule has 3 heterocycles. The summed E-state index contributed by atoms with van der Waals surface area (Å²) in [6.07, 6.45) is 5.31. The number of imide groups is 1. The zero-order chi connectivity index (χ0) is 25.8. The molecule has 1 atom stereocenters. The maximum atomic E-state index is 12.6. The first-order valence-electron chi connectivity index (χ1n) is 11.7. The van der Waals surface area contributed by atoms with Gasteiger partial charge in [0.05, 0.1) is 11.4 Å². The number of para-hydroxylation sites is 1. The summed E-state index contributed by atoms with van der Waals surface area (Å²) in [5.74, 6) is -0.415. The summed E-state index contributed by atoms with van der Waals surface area (Å²) in [4.78, 5) is 40.6. The molecule has 10 heteroatoms. The van der Waals surface area contributed by atoms with Crippen LogP contribution in [0.25, 0.3) is 16.9 Å². The second-order valence-electron chi connectivity index (χ2n) is 8.79. The zero-order valence-corrected chi connectivity index (χ0v) is 20.1. The largest absolute Gasteiger partial charge is 0.334 e. The topological polar surface area (TPSA) is 130 Å². The average molecular weight is 496 g/mol. The summed E-state index contributed by atoms with van der Waals surface area (Å²) in [6.45, 7) is 2.15. The normalized spacial score (nSPS) is 16.7. The number of hydrogen-bond donors (Lipinski definition) is 4. The summed E-state index contributed by atoms with van der Waals surface area (Å²) in [5.41, 5.74) is 3.68. The highest BCUT2D eigenvalue weighted by molar-refractivity contribution is 6.07. The quantitative estimate of drug-likeness (QED) is 0.293. The minimum absolute atomic E-state index is 0.242. The second kappa shape index (κ2) is 9.94. The van der Waals surface area contributed by atoms with Gasteiger partial charge in [0.1, 0.15) is 5.54 Å². The van der Waals surface area contributed by atoms with Crippen LogP contribution in [0, 0.1) is 0 Å². The molecule has 1 aliphatic heterocycles. The van der Waals surface area contributed by atoms with Crippen molar-refractivity contribution in [2.45, 2.75) is 25.6 Å².